The lowest BCUT2D eigenvalue weighted by Gasteiger charge is -2.40. The van der Waals surface area contributed by atoms with Gasteiger partial charge in [-0.25, -0.2) is 0 Å². The van der Waals surface area contributed by atoms with Crippen molar-refractivity contribution in [2.45, 2.75) is 46.6 Å². The van der Waals surface area contributed by atoms with Gasteiger partial charge in [0.25, 0.3) is 0 Å². The van der Waals surface area contributed by atoms with Crippen LogP contribution in [0.3, 0.4) is 0 Å². The number of ether oxygens (including phenoxy) is 1. The monoisotopic (exact) mass is 385 g/mol. The molecule has 0 radical (unpaired) electrons. The van der Waals surface area contributed by atoms with Crippen LogP contribution in [0.15, 0.2) is 0 Å². The molecule has 1 saturated heterocycles. The van der Waals surface area contributed by atoms with E-state index in [2.05, 4.69) is 32.6 Å². The zero-order valence-corrected chi connectivity index (χ0v) is 17.5. The van der Waals surface area contributed by atoms with Crippen molar-refractivity contribution in [3.05, 3.63) is 0 Å². The summed E-state index contributed by atoms with van der Waals surface area (Å²) in [5.41, 5.74) is 5.77. The molecule has 1 amide bonds. The van der Waals surface area contributed by atoms with Crippen molar-refractivity contribution >= 4 is 30.7 Å². The minimum absolute atomic E-state index is 0. The number of amides is 1. The highest BCUT2D eigenvalue weighted by molar-refractivity contribution is 5.85. The molecule has 24 heavy (non-hydrogen) atoms. The molecule has 1 unspecified atom stereocenters. The second kappa shape index (κ2) is 12.3. The lowest BCUT2D eigenvalue weighted by Crippen LogP contribution is -2.56. The van der Waals surface area contributed by atoms with E-state index in [1.54, 1.807) is 0 Å². The quantitative estimate of drug-likeness (QED) is 0.696. The maximum absolute atomic E-state index is 13.1. The maximum atomic E-state index is 13.1. The van der Waals surface area contributed by atoms with Crippen LogP contribution in [0.4, 0.5) is 0 Å². The predicted octanol–water partition coefficient (Wildman–Crippen LogP) is 2.41. The van der Waals surface area contributed by atoms with Crippen molar-refractivity contribution in [2.24, 2.45) is 17.1 Å². The summed E-state index contributed by atoms with van der Waals surface area (Å²) >= 11 is 0. The Morgan fingerprint density at radius 1 is 1.21 bits per heavy atom. The number of hydrogen-bond acceptors (Lipinski definition) is 4. The van der Waals surface area contributed by atoms with E-state index in [-0.39, 0.29) is 42.2 Å². The van der Waals surface area contributed by atoms with Crippen LogP contribution in [0.5, 0.6) is 0 Å². The normalized spacial score (nSPS) is 17.0. The Balaban J connectivity index is 0. The van der Waals surface area contributed by atoms with Gasteiger partial charge in [-0.15, -0.1) is 24.8 Å². The number of carbonyl (C=O) groups is 1. The molecule has 0 aromatic heterocycles. The second-order valence-electron chi connectivity index (χ2n) is 7.23. The van der Waals surface area contributed by atoms with Crippen molar-refractivity contribution in [3.63, 3.8) is 0 Å². The number of morpholine rings is 1. The van der Waals surface area contributed by atoms with Crippen LogP contribution >= 0.6 is 24.8 Å². The van der Waals surface area contributed by atoms with Crippen LogP contribution in [-0.4, -0.2) is 68.2 Å². The Labute approximate surface area is 160 Å². The molecule has 1 fully saturated rings. The van der Waals surface area contributed by atoms with Gasteiger partial charge in [0.15, 0.2) is 0 Å². The topological polar surface area (TPSA) is 58.8 Å². The molecule has 0 bridgehead atoms. The summed E-state index contributed by atoms with van der Waals surface area (Å²) in [6.07, 6.45) is 2.05. The molecule has 0 aliphatic carbocycles. The minimum Gasteiger partial charge on any atom is -0.379 e. The minimum atomic E-state index is -0.0477. The highest BCUT2D eigenvalue weighted by Gasteiger charge is 2.35. The van der Waals surface area contributed by atoms with Gasteiger partial charge in [-0.3, -0.25) is 9.69 Å². The van der Waals surface area contributed by atoms with Crippen molar-refractivity contribution < 1.29 is 9.53 Å². The summed E-state index contributed by atoms with van der Waals surface area (Å²) in [7, 11) is 1.91. The second-order valence-corrected chi connectivity index (χ2v) is 7.23. The average Bonchev–Trinajstić information content (AvgIpc) is 2.52. The van der Waals surface area contributed by atoms with Gasteiger partial charge in [-0.2, -0.15) is 0 Å². The van der Waals surface area contributed by atoms with E-state index < -0.39 is 0 Å². The first-order chi connectivity index (χ1) is 10.4. The van der Waals surface area contributed by atoms with Crippen LogP contribution < -0.4 is 5.73 Å². The molecule has 0 aromatic carbocycles. The van der Waals surface area contributed by atoms with E-state index in [9.17, 15) is 4.79 Å². The highest BCUT2D eigenvalue weighted by atomic mass is 35.5. The van der Waals surface area contributed by atoms with E-state index in [0.717, 1.165) is 39.1 Å². The van der Waals surface area contributed by atoms with Crippen molar-refractivity contribution in [1.29, 1.82) is 0 Å². The zero-order chi connectivity index (χ0) is 16.8. The first-order valence-electron chi connectivity index (χ1n) is 8.63. The molecule has 0 aromatic rings. The molecule has 7 heteroatoms. The number of nitrogens with two attached hydrogens (primary N) is 1. The Morgan fingerprint density at radius 3 is 2.12 bits per heavy atom. The molecule has 1 heterocycles. The SMILES string of the molecule is CCC(CC)C(C(=O)N(C)CC(C)(C)CN)N1CCOCC1.Cl.Cl. The Morgan fingerprint density at radius 2 is 1.71 bits per heavy atom. The maximum Gasteiger partial charge on any atom is 0.239 e. The first kappa shape index (κ1) is 26.2. The summed E-state index contributed by atoms with van der Waals surface area (Å²) in [4.78, 5) is 17.3. The summed E-state index contributed by atoms with van der Waals surface area (Å²) in [6, 6.07) is -0.0301. The number of likely N-dealkylation sites (N-methyl/N-ethyl adjacent to an activating group) is 1. The molecule has 1 aliphatic rings. The van der Waals surface area contributed by atoms with Gasteiger partial charge >= 0.3 is 0 Å². The van der Waals surface area contributed by atoms with Crippen molar-refractivity contribution in [2.75, 3.05) is 46.4 Å². The third-order valence-electron chi connectivity index (χ3n) is 4.78. The first-order valence-corrected chi connectivity index (χ1v) is 8.63. The molecule has 0 spiro atoms. The van der Waals surface area contributed by atoms with Crippen LogP contribution in [-0.2, 0) is 9.53 Å². The van der Waals surface area contributed by atoms with E-state index in [1.165, 1.54) is 0 Å². The van der Waals surface area contributed by atoms with Gasteiger partial charge in [0, 0.05) is 26.7 Å². The summed E-state index contributed by atoms with van der Waals surface area (Å²) in [6.45, 7) is 13.0. The Hall–Kier alpha value is -0.0700. The van der Waals surface area contributed by atoms with E-state index in [1.807, 2.05) is 11.9 Å². The lowest BCUT2D eigenvalue weighted by atomic mass is 9.89. The van der Waals surface area contributed by atoms with Gasteiger partial charge in [0.1, 0.15) is 0 Å². The molecule has 2 N–H and O–H groups in total. The van der Waals surface area contributed by atoms with Gasteiger partial charge in [-0.05, 0) is 17.9 Å². The van der Waals surface area contributed by atoms with Gasteiger partial charge < -0.3 is 15.4 Å². The third-order valence-corrected chi connectivity index (χ3v) is 4.78. The Bertz CT molecular complexity index is 347. The molecular weight excluding hydrogens is 349 g/mol. The van der Waals surface area contributed by atoms with E-state index >= 15 is 0 Å². The number of rotatable bonds is 8. The number of hydrogen-bond donors (Lipinski definition) is 1. The standard InChI is InChI=1S/C17H35N3O2.2ClH/c1-6-14(7-2)15(20-8-10-22-11-9-20)16(21)19(5)13-17(3,4)12-18;;/h14-15H,6-13,18H2,1-5H3;2*1H. The van der Waals surface area contributed by atoms with Crippen LogP contribution in [0, 0.1) is 11.3 Å². The highest BCUT2D eigenvalue weighted by Crippen LogP contribution is 2.23. The molecule has 1 aliphatic heterocycles. The summed E-state index contributed by atoms with van der Waals surface area (Å²) < 4.78 is 5.45. The largest absolute Gasteiger partial charge is 0.379 e. The van der Waals surface area contributed by atoms with Crippen LogP contribution in [0.1, 0.15) is 40.5 Å². The molecule has 1 rings (SSSR count). The fourth-order valence-electron chi connectivity index (χ4n) is 3.26. The van der Waals surface area contributed by atoms with Crippen LogP contribution in [0.2, 0.25) is 0 Å². The zero-order valence-electron chi connectivity index (χ0n) is 15.9. The van der Waals surface area contributed by atoms with Crippen LogP contribution in [0.25, 0.3) is 0 Å². The third kappa shape index (κ3) is 7.44. The Kier molecular flexibility index (Phi) is 13.4. The average molecular weight is 386 g/mol. The fourth-order valence-corrected chi connectivity index (χ4v) is 3.26. The predicted molar refractivity (Wildman–Crippen MR) is 105 cm³/mol. The molecule has 1 atom stereocenters. The van der Waals surface area contributed by atoms with Gasteiger partial charge in [0.05, 0.1) is 19.3 Å². The van der Waals surface area contributed by atoms with Gasteiger partial charge in [0.2, 0.25) is 5.91 Å². The fraction of sp³-hybridized carbons (Fsp3) is 0.941. The molecular formula is C17H37Cl2N3O2. The molecule has 5 nitrogen and oxygen atoms in total. The van der Waals surface area contributed by atoms with E-state index in [0.29, 0.717) is 19.0 Å². The van der Waals surface area contributed by atoms with Crippen molar-refractivity contribution in [1.82, 2.24) is 9.80 Å². The van der Waals surface area contributed by atoms with Crippen molar-refractivity contribution in [3.8, 4) is 0 Å². The number of halogens is 2. The molecule has 146 valence electrons. The summed E-state index contributed by atoms with van der Waals surface area (Å²) in [5.74, 6) is 0.631. The van der Waals surface area contributed by atoms with Gasteiger partial charge in [-0.1, -0.05) is 40.5 Å². The smallest absolute Gasteiger partial charge is 0.239 e. The number of carbonyl (C=O) groups excluding carboxylic acids is 1. The molecule has 0 saturated carbocycles. The lowest BCUT2D eigenvalue weighted by molar-refractivity contribution is -0.141. The summed E-state index contributed by atoms with van der Waals surface area (Å²) in [5, 5.41) is 0. The van der Waals surface area contributed by atoms with E-state index in [4.69, 9.17) is 10.5 Å². The number of nitrogens with zero attached hydrogens (tertiary/aromatic N) is 2.